The van der Waals surface area contributed by atoms with Crippen LogP contribution in [0.2, 0.25) is 0 Å². The van der Waals surface area contributed by atoms with E-state index in [0.717, 1.165) is 64.2 Å². The fourth-order valence-corrected chi connectivity index (χ4v) is 12.4. The number of hydrogen-bond acceptors (Lipinski definition) is 18. The number of nitrogens with two attached hydrogens (primary N) is 1. The van der Waals surface area contributed by atoms with Gasteiger partial charge in [0.2, 0.25) is 6.23 Å². The van der Waals surface area contributed by atoms with Crippen LogP contribution in [-0.4, -0.2) is 124 Å². The van der Waals surface area contributed by atoms with E-state index < -0.39 is 108 Å². The highest BCUT2D eigenvalue weighted by Crippen LogP contribution is 2.47. The first-order chi connectivity index (χ1) is 37.3. The average molecular weight is 1150 g/mol. The fourth-order valence-electron chi connectivity index (χ4n) is 9.37. The van der Waals surface area contributed by atoms with Crippen LogP contribution in [0.25, 0.3) is 0 Å². The van der Waals surface area contributed by atoms with Crippen LogP contribution < -0.4 is 34.4 Å². The topological polar surface area (TPSA) is 316 Å². The number of Topliss-reactive ketones (excluding diaryl/α,β-unsaturated/α-hetero) is 1. The quantitative estimate of drug-likeness (QED) is 0.0398. The van der Waals surface area contributed by atoms with Gasteiger partial charge in [0.1, 0.15) is 72.0 Å². The molecule has 1 amide bonds. The van der Waals surface area contributed by atoms with Crippen LogP contribution in [-0.2, 0) is 51.5 Å². The number of ketones is 1. The highest BCUT2D eigenvalue weighted by Gasteiger charge is 2.51. The molecule has 23 nitrogen and oxygen atoms in total. The summed E-state index contributed by atoms with van der Waals surface area (Å²) >= 11 is 0. The summed E-state index contributed by atoms with van der Waals surface area (Å²) in [6.45, 7) is 3.62. The number of aliphatic hydroxyl groups excluding tert-OH is 4. The monoisotopic (exact) mass is 1150 g/mol. The number of amides is 1. The van der Waals surface area contributed by atoms with Gasteiger partial charge in [-0.1, -0.05) is 56.7 Å². The van der Waals surface area contributed by atoms with Crippen LogP contribution in [0.15, 0.2) is 109 Å². The summed E-state index contributed by atoms with van der Waals surface area (Å²) < 4.78 is 74.5. The second-order valence-corrected chi connectivity index (χ2v) is 23.2. The SMILES string of the molecule is C.CC(=O)C1=C[NH+]([C@@H]2O[C@H](COP(=O)(N[C@@H](C)C(=O)OC3CCCCC3)Oc3ccccc3)[C@@H](O)[C@H]2O)C=CC1.C[C@H](NP(=O)(OC[C@H]1O[C@@H]([n+]2cccc(C(N)=O)c2)[C@H](O)[C@@H]1O)Oc1ccccc1)C(=O)OC1CCCCC1. The number of pyridine rings is 1. The van der Waals surface area contributed by atoms with Gasteiger partial charge in [0, 0.05) is 12.5 Å². The summed E-state index contributed by atoms with van der Waals surface area (Å²) in [5.74, 6) is -1.43. The first-order valence-electron chi connectivity index (χ1n) is 26.3. The molecule has 4 fully saturated rings. The fraction of sp³-hybridized carbons (Fsp3) is 0.537. The molecule has 4 heterocycles. The number of para-hydroxylation sites is 2. The van der Waals surface area contributed by atoms with Crippen molar-refractivity contribution in [3.8, 4) is 11.5 Å². The van der Waals surface area contributed by atoms with Gasteiger partial charge in [-0.2, -0.15) is 14.7 Å². The number of aliphatic hydroxyl groups is 4. The van der Waals surface area contributed by atoms with E-state index in [0.29, 0.717) is 16.9 Å². The molecule has 8 rings (SSSR count). The van der Waals surface area contributed by atoms with E-state index in [1.54, 1.807) is 91.4 Å². The van der Waals surface area contributed by atoms with Crippen molar-refractivity contribution < 1.29 is 95.2 Å². The minimum Gasteiger partial charge on any atom is -0.461 e. The predicted molar refractivity (Wildman–Crippen MR) is 284 cm³/mol. The van der Waals surface area contributed by atoms with Gasteiger partial charge in [-0.3, -0.25) is 33.1 Å². The summed E-state index contributed by atoms with van der Waals surface area (Å²) in [6.07, 6.45) is 7.96. The molecule has 79 heavy (non-hydrogen) atoms. The molecule has 434 valence electrons. The maximum atomic E-state index is 13.8. The van der Waals surface area contributed by atoms with Crippen LogP contribution in [0.4, 0.5) is 0 Å². The lowest BCUT2D eigenvalue weighted by molar-refractivity contribution is -0.853. The number of benzene rings is 2. The Morgan fingerprint density at radius 3 is 1.66 bits per heavy atom. The largest absolute Gasteiger partial charge is 0.461 e. The van der Waals surface area contributed by atoms with Crippen LogP contribution in [0.5, 0.6) is 11.5 Å². The second kappa shape index (κ2) is 29.5. The number of carbonyl (C=O) groups is 4. The molecule has 3 aliphatic heterocycles. The minimum absolute atomic E-state index is 0. The Kier molecular flexibility index (Phi) is 23.5. The molecule has 25 heteroatoms. The molecule has 2 saturated heterocycles. The van der Waals surface area contributed by atoms with Crippen LogP contribution in [0.3, 0.4) is 0 Å². The summed E-state index contributed by atoms with van der Waals surface area (Å²) in [6, 6.07) is 17.6. The van der Waals surface area contributed by atoms with Gasteiger partial charge < -0.3 is 54.2 Å². The van der Waals surface area contributed by atoms with Gasteiger partial charge >= 0.3 is 27.4 Å². The van der Waals surface area contributed by atoms with Gasteiger partial charge in [-0.15, -0.1) is 0 Å². The summed E-state index contributed by atoms with van der Waals surface area (Å²) in [5, 5.41) is 47.8. The van der Waals surface area contributed by atoms with Crippen LogP contribution in [0.1, 0.15) is 115 Å². The molecular formula is C54H77N5O18P2+2. The summed E-state index contributed by atoms with van der Waals surface area (Å²) in [5.41, 5.74) is 6.08. The zero-order chi connectivity index (χ0) is 56.0. The van der Waals surface area contributed by atoms with E-state index >= 15 is 0 Å². The lowest BCUT2D eigenvalue weighted by Gasteiger charge is -2.27. The number of aromatic nitrogens is 1. The lowest BCUT2D eigenvalue weighted by atomic mass is 9.98. The summed E-state index contributed by atoms with van der Waals surface area (Å²) in [4.78, 5) is 49.3. The van der Waals surface area contributed by atoms with E-state index in [4.69, 9.17) is 42.8 Å². The molecule has 3 unspecified atom stereocenters. The number of hydrogen-bond donors (Lipinski definition) is 8. The normalized spacial score (nSPS) is 27.5. The number of quaternary nitrogens is 1. The van der Waals surface area contributed by atoms with Gasteiger partial charge in [0.15, 0.2) is 30.4 Å². The third-order valence-electron chi connectivity index (χ3n) is 13.7. The lowest BCUT2D eigenvalue weighted by Crippen LogP contribution is -3.09. The van der Waals surface area contributed by atoms with Gasteiger partial charge in [-0.05, 0) is 109 Å². The van der Waals surface area contributed by atoms with Crippen molar-refractivity contribution in [1.29, 1.82) is 0 Å². The number of nitrogens with zero attached hydrogens (tertiary/aromatic N) is 1. The highest BCUT2D eigenvalue weighted by molar-refractivity contribution is 7.52. The smallest absolute Gasteiger partial charge is 0.459 e. The maximum Gasteiger partial charge on any atom is 0.459 e. The van der Waals surface area contributed by atoms with Crippen molar-refractivity contribution >= 4 is 39.1 Å². The molecule has 2 aromatic carbocycles. The molecule has 0 bridgehead atoms. The molecular weight excluding hydrogens is 1070 g/mol. The van der Waals surface area contributed by atoms with Gasteiger partial charge in [0.05, 0.1) is 25.0 Å². The molecule has 2 saturated carbocycles. The zero-order valence-electron chi connectivity index (χ0n) is 43.9. The van der Waals surface area contributed by atoms with E-state index in [2.05, 4.69) is 10.2 Å². The number of nitrogens with one attached hydrogen (secondary N) is 3. The molecule has 1 aromatic heterocycles. The Morgan fingerprint density at radius 2 is 1.18 bits per heavy atom. The predicted octanol–water partition coefficient (Wildman–Crippen LogP) is 4.15. The highest BCUT2D eigenvalue weighted by atomic mass is 31.2. The third kappa shape index (κ3) is 17.9. The number of ether oxygens (including phenoxy) is 4. The molecule has 9 N–H and O–H groups in total. The molecule has 3 aromatic rings. The van der Waals surface area contributed by atoms with Crippen molar-refractivity contribution in [2.24, 2.45) is 5.73 Å². The molecule has 5 aliphatic rings. The molecule has 0 radical (unpaired) electrons. The number of rotatable bonds is 22. The van der Waals surface area contributed by atoms with Crippen LogP contribution in [0, 0.1) is 0 Å². The maximum absolute atomic E-state index is 13.8. The average Bonchev–Trinajstić information content (AvgIpc) is 4.03. The van der Waals surface area contributed by atoms with Crippen molar-refractivity contribution in [2.75, 3.05) is 13.2 Å². The van der Waals surface area contributed by atoms with E-state index in [9.17, 15) is 48.7 Å². The molecule has 0 spiro atoms. The van der Waals surface area contributed by atoms with E-state index in [-0.39, 0.29) is 42.5 Å². The molecule has 2 aliphatic carbocycles. The third-order valence-corrected chi connectivity index (χ3v) is 17.0. The number of carbonyl (C=O) groups excluding carboxylic acids is 4. The standard InChI is InChI=1S/C27H37N2O9P.C26H34N3O9P.CH4/c1-18(27(33)36-21-11-5-3-6-12-21)28-39(34,38-22-13-7-4-8-14-22)35-17-23-24(31)25(32)26(37-23)29-15-9-10-20(16-29)19(2)30;1-17(26(33)36-19-10-4-2-5-11-19)28-39(34,38-20-12-6-3-7-13-20)35-16-21-22(30)23(31)25(37-21)29-14-8-9-18(15-29)24(27)32;/h4,7-9,13-16,18,21,23-26,31-32H,3,5-6,10-12,17H2,1-2H3,(H,28,34);3,6-9,12-15,17,19,21-23,25,30-31H,2,4-5,10-11,16H2,1H3,(H2-,27,28,32,34);1H4/p+2/t18-,23+,24+,25+,26+,39?;17-,21+,22+,23+,25+,39?;/m00./s1. The number of primary amides is 1. The van der Waals surface area contributed by atoms with Crippen LogP contribution >= 0.6 is 15.5 Å². The Bertz CT molecular complexity index is 2640. The van der Waals surface area contributed by atoms with E-state index in [1.807, 2.05) is 0 Å². The number of esters is 2. The van der Waals surface area contributed by atoms with E-state index in [1.165, 1.54) is 37.6 Å². The second-order valence-electron chi connectivity index (χ2n) is 19.8. The van der Waals surface area contributed by atoms with Crippen molar-refractivity contribution in [2.45, 2.75) is 172 Å². The Hall–Kier alpha value is -5.23. The van der Waals surface area contributed by atoms with Gasteiger partial charge in [0.25, 0.3) is 12.1 Å². The molecule has 13 atom stereocenters. The minimum atomic E-state index is -4.21. The zero-order valence-corrected chi connectivity index (χ0v) is 45.6. The Balaban J connectivity index is 0.000000252. The van der Waals surface area contributed by atoms with Gasteiger partial charge in [-0.25, -0.2) is 9.13 Å². The Labute approximate surface area is 460 Å². The first kappa shape index (κ1) is 63.0. The number of allylic oxidation sites excluding steroid dienone is 2. The van der Waals surface area contributed by atoms with Crippen molar-refractivity contribution in [3.05, 3.63) is 115 Å². The summed E-state index contributed by atoms with van der Waals surface area (Å²) in [7, 11) is -8.39. The van der Waals surface area contributed by atoms with Crippen molar-refractivity contribution in [1.82, 2.24) is 10.2 Å². The first-order valence-corrected chi connectivity index (χ1v) is 29.4. The Morgan fingerprint density at radius 1 is 0.696 bits per heavy atom. The van der Waals surface area contributed by atoms with Crippen molar-refractivity contribution in [3.63, 3.8) is 0 Å².